The third-order valence-electron chi connectivity index (χ3n) is 8.41. The second kappa shape index (κ2) is 16.0. The van der Waals surface area contributed by atoms with Crippen molar-refractivity contribution in [2.24, 2.45) is 0 Å². The summed E-state index contributed by atoms with van der Waals surface area (Å²) in [5, 5.41) is 0. The molecule has 12 heteroatoms. The fraction of sp³-hybridized carbons (Fsp3) is 0.200. The van der Waals surface area contributed by atoms with Crippen LogP contribution in [-0.4, -0.2) is 41.8 Å². The van der Waals surface area contributed by atoms with Gasteiger partial charge in [-0.3, -0.25) is 0 Å². The minimum atomic E-state index is -4.64. The highest BCUT2D eigenvalue weighted by molar-refractivity contribution is 8.11. The molecule has 0 fully saturated rings. The maximum atomic E-state index is 14.4. The first-order chi connectivity index (χ1) is 24.5. The molecule has 8 nitrogen and oxygen atoms in total. The van der Waals surface area contributed by atoms with Gasteiger partial charge >= 0.3 is 0 Å². The zero-order valence-corrected chi connectivity index (χ0v) is 32.1. The molecule has 0 bridgehead atoms. The van der Waals surface area contributed by atoms with Gasteiger partial charge in [-0.25, -0.2) is 33.7 Å². The second-order valence-electron chi connectivity index (χ2n) is 12.5. The Morgan fingerprint density at radius 2 is 0.808 bits per heavy atom. The molecular weight excluding hydrogens is 737 g/mol. The molecule has 0 unspecified atom stereocenters. The summed E-state index contributed by atoms with van der Waals surface area (Å²) in [6.45, 7) is 10.8. The van der Waals surface area contributed by atoms with Crippen LogP contribution in [0.4, 0.5) is 0 Å². The Bertz CT molecular complexity index is 2310. The minimum Gasteiger partial charge on any atom is -0.222 e. The minimum absolute atomic E-state index is 0.197. The van der Waals surface area contributed by atoms with Gasteiger partial charge in [0.2, 0.25) is 0 Å². The van der Waals surface area contributed by atoms with Crippen molar-refractivity contribution in [2.75, 3.05) is 0 Å². The fourth-order valence-corrected chi connectivity index (χ4v) is 16.1. The SMILES string of the molecule is C=C(C)CC(CC#C/C=C/CC(CC(=C)C)(S(=O)(=O)c1ccccc1)S(=O)(=O)c1ccccc1)(S(=O)(=O)c1ccccc1)S(=O)(=O)c1ccccc1. The Hall–Kier alpha value is -4.54. The summed E-state index contributed by atoms with van der Waals surface area (Å²) in [5.74, 6) is 5.37. The second-order valence-corrected chi connectivity index (χ2v) is 22.0. The van der Waals surface area contributed by atoms with Gasteiger partial charge < -0.3 is 0 Å². The number of sulfone groups is 4. The smallest absolute Gasteiger partial charge is 0.200 e. The molecule has 52 heavy (non-hydrogen) atoms. The van der Waals surface area contributed by atoms with Crippen LogP contribution in [0.2, 0.25) is 0 Å². The Labute approximate surface area is 308 Å². The van der Waals surface area contributed by atoms with E-state index < -0.39 is 73.2 Å². The number of hydrogen-bond acceptors (Lipinski definition) is 8. The van der Waals surface area contributed by atoms with E-state index in [0.717, 1.165) is 0 Å². The van der Waals surface area contributed by atoms with Crippen molar-refractivity contribution in [3.8, 4) is 11.8 Å². The molecular formula is C40H40O8S4. The predicted molar refractivity (Wildman–Crippen MR) is 205 cm³/mol. The molecule has 272 valence electrons. The summed E-state index contributed by atoms with van der Waals surface area (Å²) in [6.07, 6.45) is 0.362. The van der Waals surface area contributed by atoms with E-state index in [1.54, 1.807) is 31.2 Å². The maximum absolute atomic E-state index is 14.4. The lowest BCUT2D eigenvalue weighted by Crippen LogP contribution is -2.46. The maximum Gasteiger partial charge on any atom is 0.200 e. The van der Waals surface area contributed by atoms with E-state index in [2.05, 4.69) is 25.0 Å². The van der Waals surface area contributed by atoms with Gasteiger partial charge in [0.25, 0.3) is 0 Å². The Balaban J connectivity index is 1.88. The zero-order chi connectivity index (χ0) is 38.3. The molecule has 0 heterocycles. The number of allylic oxidation sites excluding steroid dienone is 4. The van der Waals surface area contributed by atoms with Gasteiger partial charge in [-0.2, -0.15) is 0 Å². The Kier molecular flexibility index (Phi) is 12.4. The van der Waals surface area contributed by atoms with E-state index >= 15 is 0 Å². The van der Waals surface area contributed by atoms with Crippen LogP contribution in [0.3, 0.4) is 0 Å². The lowest BCUT2D eigenvalue weighted by atomic mass is 10.1. The molecule has 0 saturated heterocycles. The lowest BCUT2D eigenvalue weighted by Gasteiger charge is -2.32. The van der Waals surface area contributed by atoms with Gasteiger partial charge in [-0.1, -0.05) is 102 Å². The van der Waals surface area contributed by atoms with Gasteiger partial charge in [-0.05, 0) is 68.5 Å². The van der Waals surface area contributed by atoms with Crippen LogP contribution in [0.25, 0.3) is 0 Å². The first kappa shape index (κ1) is 40.2. The van der Waals surface area contributed by atoms with Crippen molar-refractivity contribution in [2.45, 2.75) is 67.3 Å². The standard InChI is InChI=1S/C40H40O8S4/c1-33(2)31-39(49(41,42)35-21-11-7-12-22-35,50(43,44)36-23-13-8-14-24-36)29-19-5-6-20-30-40(32-34(3)4,51(45,46)37-25-15-9-16-26-37)52(47,48)38-27-17-10-18-28-38/h5,7-19,21-28H,1,3,29-32H2,2,4H3/b19-5+. The fourth-order valence-electron chi connectivity index (χ4n) is 5.93. The summed E-state index contributed by atoms with van der Waals surface area (Å²) < 4.78 is 110. The lowest BCUT2D eigenvalue weighted by molar-refractivity contribution is 0.532. The van der Waals surface area contributed by atoms with Gasteiger partial charge in [-0.15, -0.1) is 13.2 Å². The van der Waals surface area contributed by atoms with Crippen molar-refractivity contribution in [1.82, 2.24) is 0 Å². The van der Waals surface area contributed by atoms with E-state index in [9.17, 15) is 33.7 Å². The average molecular weight is 777 g/mol. The molecule has 4 aromatic rings. The predicted octanol–water partition coefficient (Wildman–Crippen LogP) is 7.55. The van der Waals surface area contributed by atoms with Gasteiger partial charge in [0.05, 0.1) is 19.6 Å². The third kappa shape index (κ3) is 7.64. The monoisotopic (exact) mass is 776 g/mol. The van der Waals surface area contributed by atoms with E-state index in [1.165, 1.54) is 116 Å². The van der Waals surface area contributed by atoms with E-state index in [-0.39, 0.29) is 25.2 Å². The van der Waals surface area contributed by atoms with Crippen molar-refractivity contribution in [1.29, 1.82) is 0 Å². The normalized spacial score (nSPS) is 12.9. The molecule has 0 N–H and O–H groups in total. The molecule has 0 amide bonds. The van der Waals surface area contributed by atoms with Crippen LogP contribution < -0.4 is 0 Å². The molecule has 0 radical (unpaired) electrons. The van der Waals surface area contributed by atoms with Crippen LogP contribution >= 0.6 is 0 Å². The van der Waals surface area contributed by atoms with Crippen molar-refractivity contribution in [3.05, 3.63) is 158 Å². The molecule has 0 aliphatic rings. The van der Waals surface area contributed by atoms with Crippen LogP contribution in [0.15, 0.2) is 177 Å². The molecule has 4 rings (SSSR count). The van der Waals surface area contributed by atoms with Gasteiger partial charge in [0.15, 0.2) is 47.5 Å². The highest BCUT2D eigenvalue weighted by Gasteiger charge is 2.56. The Morgan fingerprint density at radius 1 is 0.519 bits per heavy atom. The first-order valence-electron chi connectivity index (χ1n) is 16.1. The number of hydrogen-bond donors (Lipinski definition) is 0. The summed E-state index contributed by atoms with van der Waals surface area (Å²) in [4.78, 5) is -0.820. The quantitative estimate of drug-likeness (QED) is 0.0892. The number of benzene rings is 4. The van der Waals surface area contributed by atoms with Crippen LogP contribution in [0, 0.1) is 11.8 Å². The summed E-state index contributed by atoms with van der Waals surface area (Å²) in [5.41, 5.74) is 0.596. The topological polar surface area (TPSA) is 137 Å². The van der Waals surface area contributed by atoms with E-state index in [1.807, 2.05) is 0 Å². The summed E-state index contributed by atoms with van der Waals surface area (Å²) in [6, 6.07) is 29.0. The zero-order valence-electron chi connectivity index (χ0n) is 28.8. The van der Waals surface area contributed by atoms with Crippen LogP contribution in [0.5, 0.6) is 0 Å². The first-order valence-corrected chi connectivity index (χ1v) is 22.0. The third-order valence-corrected chi connectivity index (χ3v) is 19.7. The summed E-state index contributed by atoms with van der Waals surface area (Å²) in [7, 11) is -18.5. The van der Waals surface area contributed by atoms with Gasteiger partial charge in [0.1, 0.15) is 0 Å². The largest absolute Gasteiger partial charge is 0.222 e. The van der Waals surface area contributed by atoms with Crippen molar-refractivity contribution < 1.29 is 33.7 Å². The van der Waals surface area contributed by atoms with Gasteiger partial charge in [0, 0.05) is 25.7 Å². The number of rotatable bonds is 15. The average Bonchev–Trinajstić information content (AvgIpc) is 3.12. The molecule has 0 aromatic heterocycles. The highest BCUT2D eigenvalue weighted by Crippen LogP contribution is 2.44. The molecule has 0 aliphatic heterocycles. The van der Waals surface area contributed by atoms with Crippen LogP contribution in [-0.2, 0) is 39.3 Å². The molecule has 0 aliphatic carbocycles. The van der Waals surface area contributed by atoms with Crippen molar-refractivity contribution in [3.63, 3.8) is 0 Å². The molecule has 0 atom stereocenters. The van der Waals surface area contributed by atoms with Crippen LogP contribution in [0.1, 0.15) is 39.5 Å². The summed E-state index contributed by atoms with van der Waals surface area (Å²) >= 11 is 0. The molecule has 0 spiro atoms. The van der Waals surface area contributed by atoms with E-state index in [0.29, 0.717) is 5.57 Å². The molecule has 0 saturated carbocycles. The van der Waals surface area contributed by atoms with E-state index in [4.69, 9.17) is 0 Å². The molecule has 4 aromatic carbocycles. The Morgan fingerprint density at radius 3 is 1.12 bits per heavy atom. The van der Waals surface area contributed by atoms with Crippen molar-refractivity contribution >= 4 is 39.3 Å². The highest BCUT2D eigenvalue weighted by atomic mass is 32.3.